The quantitative estimate of drug-likeness (QED) is 0.438. The van der Waals surface area contributed by atoms with Crippen LogP contribution in [0.2, 0.25) is 0 Å². The number of methoxy groups -OCH3 is 1. The molecule has 1 rings (SSSR count). The van der Waals surface area contributed by atoms with Crippen LogP contribution in [0.25, 0.3) is 0 Å². The monoisotopic (exact) mass is 214 g/mol. The maximum absolute atomic E-state index is 11.1. The molecule has 76 valence electrons. The Balaban J connectivity index is 2.70. The molecule has 0 spiro atoms. The topological polar surface area (TPSA) is 35.5 Å². The summed E-state index contributed by atoms with van der Waals surface area (Å²) in [5.74, 6) is 0.860. The highest BCUT2D eigenvalue weighted by molar-refractivity contribution is 6.18. The molecule has 0 unspecified atom stereocenters. The van der Waals surface area contributed by atoms with Crippen molar-refractivity contribution in [3.8, 4) is 11.5 Å². The second kappa shape index (κ2) is 5.50. The molecular weight excluding hydrogens is 204 g/mol. The van der Waals surface area contributed by atoms with Crippen molar-refractivity contribution in [1.82, 2.24) is 0 Å². The van der Waals surface area contributed by atoms with E-state index in [9.17, 15) is 4.79 Å². The molecule has 4 heteroatoms. The zero-order valence-electron chi connectivity index (χ0n) is 7.83. The van der Waals surface area contributed by atoms with E-state index in [-0.39, 0.29) is 18.3 Å². The summed E-state index contributed by atoms with van der Waals surface area (Å²) in [4.78, 5) is 11.1. The van der Waals surface area contributed by atoms with E-state index >= 15 is 0 Å². The van der Waals surface area contributed by atoms with Gasteiger partial charge in [-0.3, -0.25) is 4.79 Å². The molecule has 0 aliphatic carbocycles. The third-order valence-electron chi connectivity index (χ3n) is 1.59. The van der Waals surface area contributed by atoms with Crippen LogP contribution in [0, 0.1) is 0 Å². The van der Waals surface area contributed by atoms with Crippen LogP contribution < -0.4 is 9.47 Å². The number of carbonyl (C=O) groups excluding carboxylic acids is 1. The number of esters is 1. The van der Waals surface area contributed by atoms with E-state index < -0.39 is 0 Å². The Hall–Kier alpha value is -1.22. The van der Waals surface area contributed by atoms with E-state index in [4.69, 9.17) is 21.1 Å². The van der Waals surface area contributed by atoms with E-state index in [0.29, 0.717) is 11.5 Å². The Bertz CT molecular complexity index is 312. The van der Waals surface area contributed by atoms with Crippen molar-refractivity contribution in [2.24, 2.45) is 0 Å². The second-order valence-electron chi connectivity index (χ2n) is 2.56. The van der Waals surface area contributed by atoms with Crippen LogP contribution in [0.1, 0.15) is 6.42 Å². The maximum Gasteiger partial charge on any atom is 0.312 e. The number of para-hydroxylation sites is 2. The highest BCUT2D eigenvalue weighted by Gasteiger charge is 2.07. The first-order valence-electron chi connectivity index (χ1n) is 4.17. The first-order chi connectivity index (χ1) is 6.77. The van der Waals surface area contributed by atoms with E-state index in [1.165, 1.54) is 7.11 Å². The Kier molecular flexibility index (Phi) is 4.26. The van der Waals surface area contributed by atoms with Crippen molar-refractivity contribution in [2.75, 3.05) is 13.0 Å². The number of carbonyl (C=O) groups is 1. The molecule has 1 aromatic rings. The Morgan fingerprint density at radius 3 is 2.57 bits per heavy atom. The van der Waals surface area contributed by atoms with Gasteiger partial charge >= 0.3 is 5.97 Å². The molecule has 0 aromatic heterocycles. The van der Waals surface area contributed by atoms with Crippen molar-refractivity contribution in [1.29, 1.82) is 0 Å². The van der Waals surface area contributed by atoms with E-state index in [1.54, 1.807) is 24.3 Å². The standard InChI is InChI=1S/C10H11ClO3/c1-13-8-4-2-3-5-9(8)14-10(12)6-7-11/h2-5H,6-7H2,1H3. The fraction of sp³-hybridized carbons (Fsp3) is 0.300. The van der Waals surface area contributed by atoms with Crippen molar-refractivity contribution in [2.45, 2.75) is 6.42 Å². The summed E-state index contributed by atoms with van der Waals surface area (Å²) in [6.45, 7) is 0. The molecule has 14 heavy (non-hydrogen) atoms. The third-order valence-corrected chi connectivity index (χ3v) is 1.78. The molecule has 3 nitrogen and oxygen atoms in total. The number of hydrogen-bond acceptors (Lipinski definition) is 3. The Morgan fingerprint density at radius 1 is 1.36 bits per heavy atom. The van der Waals surface area contributed by atoms with Gasteiger partial charge in [-0.2, -0.15) is 0 Å². The molecule has 0 amide bonds. The lowest BCUT2D eigenvalue weighted by atomic mass is 10.3. The Labute approximate surface area is 87.6 Å². The minimum atomic E-state index is -0.357. The number of ether oxygens (including phenoxy) is 2. The van der Waals surface area contributed by atoms with Gasteiger partial charge in [0, 0.05) is 5.88 Å². The largest absolute Gasteiger partial charge is 0.493 e. The smallest absolute Gasteiger partial charge is 0.312 e. The number of hydrogen-bond donors (Lipinski definition) is 0. The summed E-state index contributed by atoms with van der Waals surface area (Å²) >= 11 is 5.40. The fourth-order valence-corrected chi connectivity index (χ4v) is 1.11. The molecule has 0 saturated heterocycles. The summed E-state index contributed by atoms with van der Waals surface area (Å²) < 4.78 is 10.0. The molecule has 0 fully saturated rings. The summed E-state index contributed by atoms with van der Waals surface area (Å²) in [5.41, 5.74) is 0. The van der Waals surface area contributed by atoms with Gasteiger partial charge in [0.2, 0.25) is 0 Å². The number of rotatable bonds is 4. The van der Waals surface area contributed by atoms with Gasteiger partial charge in [0.05, 0.1) is 13.5 Å². The summed E-state index contributed by atoms with van der Waals surface area (Å²) in [7, 11) is 1.52. The van der Waals surface area contributed by atoms with Crippen LogP contribution in [0.15, 0.2) is 24.3 Å². The summed E-state index contributed by atoms with van der Waals surface area (Å²) in [6.07, 6.45) is 0.194. The zero-order chi connectivity index (χ0) is 10.4. The van der Waals surface area contributed by atoms with E-state index in [2.05, 4.69) is 0 Å². The zero-order valence-corrected chi connectivity index (χ0v) is 8.58. The minimum Gasteiger partial charge on any atom is -0.493 e. The average molecular weight is 215 g/mol. The lowest BCUT2D eigenvalue weighted by Crippen LogP contribution is -2.08. The minimum absolute atomic E-state index is 0.194. The van der Waals surface area contributed by atoms with Crippen LogP contribution >= 0.6 is 11.6 Å². The number of alkyl halides is 1. The molecule has 0 heterocycles. The van der Waals surface area contributed by atoms with Crippen molar-refractivity contribution >= 4 is 17.6 Å². The number of benzene rings is 1. The van der Waals surface area contributed by atoms with Crippen molar-refractivity contribution in [3.63, 3.8) is 0 Å². The maximum atomic E-state index is 11.1. The molecule has 0 saturated carbocycles. The molecular formula is C10H11ClO3. The first-order valence-corrected chi connectivity index (χ1v) is 4.71. The van der Waals surface area contributed by atoms with Crippen molar-refractivity contribution < 1.29 is 14.3 Å². The van der Waals surface area contributed by atoms with Crippen LogP contribution in [-0.4, -0.2) is 19.0 Å². The van der Waals surface area contributed by atoms with Gasteiger partial charge in [-0.05, 0) is 12.1 Å². The van der Waals surface area contributed by atoms with Crippen LogP contribution in [0.3, 0.4) is 0 Å². The van der Waals surface area contributed by atoms with Crippen molar-refractivity contribution in [3.05, 3.63) is 24.3 Å². The second-order valence-corrected chi connectivity index (χ2v) is 2.94. The van der Waals surface area contributed by atoms with Gasteiger partial charge in [0.15, 0.2) is 11.5 Å². The molecule has 0 radical (unpaired) electrons. The molecule has 0 N–H and O–H groups in total. The highest BCUT2D eigenvalue weighted by Crippen LogP contribution is 2.25. The SMILES string of the molecule is COc1ccccc1OC(=O)CCCl. The fourth-order valence-electron chi connectivity index (χ4n) is 0.954. The third kappa shape index (κ3) is 2.92. The van der Waals surface area contributed by atoms with Crippen LogP contribution in [0.5, 0.6) is 11.5 Å². The van der Waals surface area contributed by atoms with Gasteiger partial charge in [-0.25, -0.2) is 0 Å². The summed E-state index contributed by atoms with van der Waals surface area (Å²) in [6, 6.07) is 6.97. The lowest BCUT2D eigenvalue weighted by molar-refractivity contribution is -0.134. The average Bonchev–Trinajstić information content (AvgIpc) is 2.19. The predicted molar refractivity (Wildman–Crippen MR) is 54.0 cm³/mol. The Morgan fingerprint density at radius 2 is 2.00 bits per heavy atom. The van der Waals surface area contributed by atoms with Gasteiger partial charge in [0.1, 0.15) is 0 Å². The van der Waals surface area contributed by atoms with Crippen LogP contribution in [-0.2, 0) is 4.79 Å². The van der Waals surface area contributed by atoms with E-state index in [1.807, 2.05) is 0 Å². The van der Waals surface area contributed by atoms with Gasteiger partial charge in [-0.15, -0.1) is 11.6 Å². The van der Waals surface area contributed by atoms with Crippen LogP contribution in [0.4, 0.5) is 0 Å². The molecule has 0 aliphatic heterocycles. The molecule has 0 atom stereocenters. The molecule has 0 bridgehead atoms. The number of halogens is 1. The van der Waals surface area contributed by atoms with Gasteiger partial charge in [-0.1, -0.05) is 12.1 Å². The molecule has 0 aliphatic rings. The normalized spacial score (nSPS) is 9.57. The van der Waals surface area contributed by atoms with E-state index in [0.717, 1.165) is 0 Å². The van der Waals surface area contributed by atoms with Gasteiger partial charge in [0.25, 0.3) is 0 Å². The lowest BCUT2D eigenvalue weighted by Gasteiger charge is -2.07. The summed E-state index contributed by atoms with van der Waals surface area (Å²) in [5, 5.41) is 0. The molecule has 1 aromatic carbocycles. The first kappa shape index (κ1) is 10.9. The van der Waals surface area contributed by atoms with Gasteiger partial charge < -0.3 is 9.47 Å². The predicted octanol–water partition coefficient (Wildman–Crippen LogP) is 2.23. The highest BCUT2D eigenvalue weighted by atomic mass is 35.5.